The fraction of sp³-hybridized carbons (Fsp3) is 0.385. The molecule has 1 aromatic heterocycles. The molecule has 0 unspecified atom stereocenters. The Morgan fingerprint density at radius 3 is 2.67 bits per heavy atom. The SMILES string of the molecule is CCCSc1nc2c(c(=O)n1-c1cccc(C)c1)C1(CCCC1)Cc1ccccc1-2. The lowest BCUT2D eigenvalue weighted by Crippen LogP contribution is -2.40. The highest BCUT2D eigenvalue weighted by Crippen LogP contribution is 2.50. The van der Waals surface area contributed by atoms with E-state index in [1.807, 2.05) is 16.7 Å². The number of benzene rings is 2. The van der Waals surface area contributed by atoms with Crippen LogP contribution in [-0.2, 0) is 11.8 Å². The van der Waals surface area contributed by atoms with E-state index in [2.05, 4.69) is 50.2 Å². The highest BCUT2D eigenvalue weighted by atomic mass is 32.2. The van der Waals surface area contributed by atoms with Gasteiger partial charge >= 0.3 is 0 Å². The van der Waals surface area contributed by atoms with E-state index in [4.69, 9.17) is 4.98 Å². The quantitative estimate of drug-likeness (QED) is 0.382. The number of hydrogen-bond acceptors (Lipinski definition) is 3. The van der Waals surface area contributed by atoms with Crippen molar-refractivity contribution in [1.82, 2.24) is 9.55 Å². The van der Waals surface area contributed by atoms with E-state index in [9.17, 15) is 4.79 Å². The van der Waals surface area contributed by atoms with Crippen LogP contribution in [0.25, 0.3) is 16.9 Å². The Kier molecular flexibility index (Phi) is 5.06. The molecule has 0 bridgehead atoms. The third kappa shape index (κ3) is 3.13. The van der Waals surface area contributed by atoms with Crippen molar-refractivity contribution in [2.24, 2.45) is 0 Å². The number of nitrogens with zero attached hydrogens (tertiary/aromatic N) is 2. The van der Waals surface area contributed by atoms with Gasteiger partial charge in [-0.1, -0.05) is 67.9 Å². The molecule has 0 saturated heterocycles. The van der Waals surface area contributed by atoms with Gasteiger partial charge in [0.15, 0.2) is 5.16 Å². The highest BCUT2D eigenvalue weighted by molar-refractivity contribution is 7.99. The summed E-state index contributed by atoms with van der Waals surface area (Å²) in [5.41, 5.74) is 6.56. The maximum atomic E-state index is 14.2. The average Bonchev–Trinajstić information content (AvgIpc) is 3.20. The third-order valence-electron chi connectivity index (χ3n) is 6.64. The van der Waals surface area contributed by atoms with Gasteiger partial charge in [-0.15, -0.1) is 0 Å². The average molecular weight is 417 g/mol. The molecule has 30 heavy (non-hydrogen) atoms. The molecule has 1 saturated carbocycles. The molecule has 1 spiro atoms. The predicted octanol–water partition coefficient (Wildman–Crippen LogP) is 6.08. The minimum Gasteiger partial charge on any atom is -0.268 e. The van der Waals surface area contributed by atoms with E-state index in [-0.39, 0.29) is 11.0 Å². The number of aromatic nitrogens is 2. The van der Waals surface area contributed by atoms with Gasteiger partial charge in [-0.05, 0) is 55.9 Å². The van der Waals surface area contributed by atoms with Crippen molar-refractivity contribution < 1.29 is 0 Å². The van der Waals surface area contributed by atoms with Crippen LogP contribution >= 0.6 is 11.8 Å². The molecule has 154 valence electrons. The van der Waals surface area contributed by atoms with Crippen molar-refractivity contribution in [3.05, 3.63) is 75.6 Å². The van der Waals surface area contributed by atoms with Crippen molar-refractivity contribution in [2.75, 3.05) is 5.75 Å². The Hall–Kier alpha value is -2.33. The molecule has 2 aliphatic carbocycles. The second kappa shape index (κ2) is 7.73. The number of fused-ring (bicyclic) bond motifs is 4. The highest BCUT2D eigenvalue weighted by Gasteiger charge is 2.44. The zero-order valence-corrected chi connectivity index (χ0v) is 18.6. The maximum Gasteiger partial charge on any atom is 0.263 e. The molecule has 0 aliphatic heterocycles. The van der Waals surface area contributed by atoms with Gasteiger partial charge in [-0.25, -0.2) is 4.98 Å². The van der Waals surface area contributed by atoms with Gasteiger partial charge in [0, 0.05) is 16.7 Å². The summed E-state index contributed by atoms with van der Waals surface area (Å²) in [6.45, 7) is 4.25. The molecular weight excluding hydrogens is 388 g/mol. The zero-order chi connectivity index (χ0) is 20.7. The molecule has 4 heteroatoms. The summed E-state index contributed by atoms with van der Waals surface area (Å²) in [6, 6.07) is 16.8. The van der Waals surface area contributed by atoms with Gasteiger partial charge in [0.2, 0.25) is 0 Å². The van der Waals surface area contributed by atoms with Crippen molar-refractivity contribution in [2.45, 2.75) is 62.9 Å². The van der Waals surface area contributed by atoms with Gasteiger partial charge < -0.3 is 0 Å². The number of thioether (sulfide) groups is 1. The second-order valence-corrected chi connectivity index (χ2v) is 9.83. The van der Waals surface area contributed by atoms with E-state index >= 15 is 0 Å². The number of hydrogen-bond donors (Lipinski definition) is 0. The minimum absolute atomic E-state index is 0.0622. The summed E-state index contributed by atoms with van der Waals surface area (Å²) >= 11 is 1.69. The van der Waals surface area contributed by atoms with E-state index in [0.717, 1.165) is 64.7 Å². The Morgan fingerprint density at radius 2 is 1.90 bits per heavy atom. The molecule has 0 amide bonds. The van der Waals surface area contributed by atoms with E-state index < -0.39 is 0 Å². The fourth-order valence-corrected chi connectivity index (χ4v) is 6.16. The summed E-state index contributed by atoms with van der Waals surface area (Å²) in [5.74, 6) is 0.948. The number of aryl methyl sites for hydroxylation is 1. The number of rotatable bonds is 4. The molecule has 0 N–H and O–H groups in total. The summed E-state index contributed by atoms with van der Waals surface area (Å²) in [6.07, 6.45) is 6.56. The van der Waals surface area contributed by atoms with Crippen LogP contribution in [0.15, 0.2) is 58.5 Å². The van der Waals surface area contributed by atoms with Crippen LogP contribution < -0.4 is 5.56 Å². The molecule has 2 aromatic carbocycles. The smallest absolute Gasteiger partial charge is 0.263 e. The topological polar surface area (TPSA) is 34.9 Å². The standard InChI is InChI=1S/C26H28N2OS/c1-3-15-30-25-27-23-21-12-5-4-10-19(21)17-26(13-6-7-14-26)22(23)24(29)28(25)20-11-8-9-18(2)16-20/h4-5,8-12,16H,3,6-7,13-15,17H2,1-2H3. The minimum atomic E-state index is -0.0622. The van der Waals surface area contributed by atoms with Crippen LogP contribution in [0.2, 0.25) is 0 Å². The molecule has 0 atom stereocenters. The zero-order valence-electron chi connectivity index (χ0n) is 17.8. The van der Waals surface area contributed by atoms with E-state index in [1.165, 1.54) is 18.4 Å². The molecular formula is C26H28N2OS. The first-order valence-corrected chi connectivity index (χ1v) is 12.1. The third-order valence-corrected chi connectivity index (χ3v) is 7.78. The Balaban J connectivity index is 1.83. The summed E-state index contributed by atoms with van der Waals surface area (Å²) in [7, 11) is 0. The Bertz CT molecular complexity index is 1160. The van der Waals surface area contributed by atoms with Crippen LogP contribution in [-0.4, -0.2) is 15.3 Å². The molecule has 1 fully saturated rings. The molecule has 5 rings (SSSR count). The van der Waals surface area contributed by atoms with Crippen LogP contribution in [0.3, 0.4) is 0 Å². The summed E-state index contributed by atoms with van der Waals surface area (Å²) in [4.78, 5) is 19.4. The second-order valence-electron chi connectivity index (χ2n) is 8.77. The van der Waals surface area contributed by atoms with Crippen molar-refractivity contribution >= 4 is 11.8 Å². The van der Waals surface area contributed by atoms with Crippen molar-refractivity contribution in [1.29, 1.82) is 0 Å². The van der Waals surface area contributed by atoms with E-state index in [1.54, 1.807) is 11.8 Å². The molecule has 0 radical (unpaired) electrons. The van der Waals surface area contributed by atoms with Gasteiger partial charge in [-0.3, -0.25) is 9.36 Å². The molecule has 3 aromatic rings. The van der Waals surface area contributed by atoms with Gasteiger partial charge in [-0.2, -0.15) is 0 Å². The van der Waals surface area contributed by atoms with Gasteiger partial charge in [0.05, 0.1) is 16.9 Å². The Labute approximate surface area is 182 Å². The largest absolute Gasteiger partial charge is 0.268 e. The van der Waals surface area contributed by atoms with Gasteiger partial charge in [0.25, 0.3) is 5.56 Å². The lowest BCUT2D eigenvalue weighted by atomic mass is 9.68. The van der Waals surface area contributed by atoms with Crippen LogP contribution in [0.5, 0.6) is 0 Å². The lowest BCUT2D eigenvalue weighted by Gasteiger charge is -2.36. The van der Waals surface area contributed by atoms with Gasteiger partial charge in [0.1, 0.15) is 0 Å². The lowest BCUT2D eigenvalue weighted by molar-refractivity contribution is 0.422. The molecule has 3 nitrogen and oxygen atoms in total. The first kappa shape index (κ1) is 19.6. The maximum absolute atomic E-state index is 14.2. The predicted molar refractivity (Wildman–Crippen MR) is 125 cm³/mol. The summed E-state index contributed by atoms with van der Waals surface area (Å²) in [5, 5.41) is 0.816. The van der Waals surface area contributed by atoms with Crippen molar-refractivity contribution in [3.8, 4) is 16.9 Å². The van der Waals surface area contributed by atoms with Crippen molar-refractivity contribution in [3.63, 3.8) is 0 Å². The van der Waals surface area contributed by atoms with Crippen LogP contribution in [0.4, 0.5) is 0 Å². The monoisotopic (exact) mass is 416 g/mol. The first-order valence-electron chi connectivity index (χ1n) is 11.1. The Morgan fingerprint density at radius 1 is 1.10 bits per heavy atom. The van der Waals surface area contributed by atoms with Crippen LogP contribution in [0.1, 0.15) is 55.7 Å². The molecule has 1 heterocycles. The fourth-order valence-electron chi connectivity index (χ4n) is 5.30. The van der Waals surface area contributed by atoms with E-state index in [0.29, 0.717) is 0 Å². The normalized spacial score (nSPS) is 16.5. The molecule has 2 aliphatic rings. The first-order chi connectivity index (χ1) is 14.6. The summed E-state index contributed by atoms with van der Waals surface area (Å²) < 4.78 is 1.89. The van der Waals surface area contributed by atoms with Crippen LogP contribution in [0, 0.1) is 6.92 Å².